The van der Waals surface area contributed by atoms with E-state index in [1.807, 2.05) is 50.2 Å². The highest BCUT2D eigenvalue weighted by molar-refractivity contribution is 5.66. The zero-order valence-corrected chi connectivity index (χ0v) is 17.3. The van der Waals surface area contributed by atoms with E-state index in [0.29, 0.717) is 18.2 Å². The Kier molecular flexibility index (Phi) is 5.93. The summed E-state index contributed by atoms with van der Waals surface area (Å²) in [6, 6.07) is 11.3. The van der Waals surface area contributed by atoms with Crippen molar-refractivity contribution in [3.05, 3.63) is 65.7 Å². The second-order valence-electron chi connectivity index (χ2n) is 7.54. The van der Waals surface area contributed by atoms with E-state index in [4.69, 9.17) is 14.0 Å². The van der Waals surface area contributed by atoms with Gasteiger partial charge in [-0.2, -0.15) is 0 Å². The van der Waals surface area contributed by atoms with Crippen LogP contribution in [0, 0.1) is 19.7 Å². The van der Waals surface area contributed by atoms with E-state index in [0.717, 1.165) is 29.7 Å². The molecular formula is C24H29N3O3. The second-order valence-corrected chi connectivity index (χ2v) is 7.54. The monoisotopic (exact) mass is 410 g/mol. The maximum atomic E-state index is 10.8. The molecule has 0 radical (unpaired) electrons. The Hall–Kier alpha value is -3.15. The summed E-state index contributed by atoms with van der Waals surface area (Å²) in [5.74, 6) is 0.492. The molecule has 0 fully saturated rings. The maximum Gasteiger partial charge on any atom is 0.303 e. The number of aryl methyl sites for hydroxylation is 2. The Bertz CT molecular complexity index is 1080. The molecule has 30 heavy (non-hydrogen) atoms. The molecule has 0 bridgehead atoms. The Balaban J connectivity index is 1.81. The first-order valence-corrected chi connectivity index (χ1v) is 10.1. The fourth-order valence-electron chi connectivity index (χ4n) is 3.33. The zero-order valence-electron chi connectivity index (χ0n) is 20.3. The van der Waals surface area contributed by atoms with Crippen LogP contribution in [0.25, 0.3) is 11.4 Å². The lowest BCUT2D eigenvalue weighted by Gasteiger charge is -2.15. The number of carboxylic acids is 1. The molecule has 6 heteroatoms. The number of carbonyl (C=O) groups is 1. The fourth-order valence-corrected chi connectivity index (χ4v) is 3.33. The summed E-state index contributed by atoms with van der Waals surface area (Å²) < 4.78 is 31.5. The van der Waals surface area contributed by atoms with Gasteiger partial charge < -0.3 is 14.4 Å². The van der Waals surface area contributed by atoms with Crippen LogP contribution in [0.2, 0.25) is 0 Å². The van der Waals surface area contributed by atoms with E-state index in [9.17, 15) is 4.79 Å². The van der Waals surface area contributed by atoms with Gasteiger partial charge in [-0.25, -0.2) is 4.98 Å². The van der Waals surface area contributed by atoms with Crippen LogP contribution in [0.15, 0.2) is 48.8 Å². The van der Waals surface area contributed by atoms with Gasteiger partial charge in [0.2, 0.25) is 0 Å². The second kappa shape index (κ2) is 10.1. The summed E-state index contributed by atoms with van der Waals surface area (Å²) in [6.45, 7) is 2.22. The zero-order chi connectivity index (χ0) is 24.0. The molecule has 0 spiro atoms. The Morgan fingerprint density at radius 1 is 1.23 bits per heavy atom. The van der Waals surface area contributed by atoms with Gasteiger partial charge in [-0.15, -0.1) is 0 Å². The largest absolute Gasteiger partial charge is 0.493 e. The van der Waals surface area contributed by atoms with E-state index in [1.165, 1.54) is 6.20 Å². The van der Waals surface area contributed by atoms with Crippen LogP contribution in [-0.2, 0) is 11.3 Å². The van der Waals surface area contributed by atoms with Crippen molar-refractivity contribution in [2.75, 3.05) is 6.61 Å². The van der Waals surface area contributed by atoms with Crippen molar-refractivity contribution in [2.45, 2.75) is 46.5 Å². The number of carboxylic acid groups (broad SMARTS) is 1. The lowest BCUT2D eigenvalue weighted by molar-refractivity contribution is -0.138. The van der Waals surface area contributed by atoms with Crippen molar-refractivity contribution in [2.24, 2.45) is 5.92 Å². The third-order valence-electron chi connectivity index (χ3n) is 4.95. The molecular weight excluding hydrogens is 378 g/mol. The molecule has 2 aromatic heterocycles. The molecule has 0 unspecified atom stereocenters. The molecule has 1 aromatic carbocycles. The number of imidazole rings is 1. The van der Waals surface area contributed by atoms with Crippen LogP contribution in [0.1, 0.15) is 47.2 Å². The number of nitrogens with zero attached hydrogens (tertiary/aromatic N) is 3. The number of benzene rings is 1. The van der Waals surface area contributed by atoms with E-state index < -0.39 is 12.8 Å². The lowest BCUT2D eigenvalue weighted by atomic mass is 10.0. The van der Waals surface area contributed by atoms with Crippen LogP contribution >= 0.6 is 0 Å². The highest BCUT2D eigenvalue weighted by Crippen LogP contribution is 2.25. The van der Waals surface area contributed by atoms with Crippen LogP contribution in [0.3, 0.4) is 0 Å². The number of para-hydroxylation sites is 1. The van der Waals surface area contributed by atoms with E-state index in [2.05, 4.69) is 9.97 Å². The first-order chi connectivity index (χ1) is 15.6. The van der Waals surface area contributed by atoms with Gasteiger partial charge in [-0.05, 0) is 50.7 Å². The minimum absolute atomic E-state index is 0.0832. The summed E-state index contributed by atoms with van der Waals surface area (Å²) in [6.07, 6.45) is 4.72. The van der Waals surface area contributed by atoms with Gasteiger partial charge in [0.15, 0.2) is 0 Å². The van der Waals surface area contributed by atoms with Crippen LogP contribution < -0.4 is 4.74 Å². The van der Waals surface area contributed by atoms with Gasteiger partial charge in [0.1, 0.15) is 11.6 Å². The molecule has 0 aliphatic rings. The third-order valence-corrected chi connectivity index (χ3v) is 4.95. The third kappa shape index (κ3) is 5.69. The predicted octanol–water partition coefficient (Wildman–Crippen LogP) is 4.88. The fraction of sp³-hybridized carbons (Fsp3) is 0.375. The normalized spacial score (nSPS) is 13.9. The van der Waals surface area contributed by atoms with E-state index in [-0.39, 0.29) is 24.6 Å². The first kappa shape index (κ1) is 17.7. The number of rotatable bonds is 10. The predicted molar refractivity (Wildman–Crippen MR) is 117 cm³/mol. The number of aromatic nitrogens is 3. The molecule has 0 aliphatic heterocycles. The van der Waals surface area contributed by atoms with Crippen LogP contribution in [-0.4, -0.2) is 32.2 Å². The Morgan fingerprint density at radius 2 is 2.07 bits per heavy atom. The van der Waals surface area contributed by atoms with Crippen LogP contribution in [0.4, 0.5) is 0 Å². The standard InChI is InChI=1S/C24H29N3O3/c1-17(13-23(28)29)7-6-12-30-22-9-5-4-8-21(22)16-27-19(3)14-26-24(27)20-11-10-18(2)25-15-20/h4-5,8-11,14-15,17H,6-7,12-13,16H2,1-3H3,(H,28,29)/t17-/m1/s1/i3D3. The number of pyridine rings is 1. The smallest absolute Gasteiger partial charge is 0.303 e. The molecule has 3 aromatic rings. The summed E-state index contributed by atoms with van der Waals surface area (Å²) >= 11 is 0. The summed E-state index contributed by atoms with van der Waals surface area (Å²) in [7, 11) is 0. The number of hydrogen-bond donors (Lipinski definition) is 1. The van der Waals surface area contributed by atoms with Crippen molar-refractivity contribution in [3.8, 4) is 17.1 Å². The quantitative estimate of drug-likeness (QED) is 0.482. The summed E-state index contributed by atoms with van der Waals surface area (Å²) in [5, 5.41) is 8.89. The Morgan fingerprint density at radius 3 is 2.80 bits per heavy atom. The molecule has 3 rings (SSSR count). The Labute approximate surface area is 181 Å². The molecule has 2 heterocycles. The average molecular weight is 411 g/mol. The van der Waals surface area contributed by atoms with Crippen molar-refractivity contribution >= 4 is 5.97 Å². The minimum atomic E-state index is -2.32. The van der Waals surface area contributed by atoms with Gasteiger partial charge in [0, 0.05) is 45.4 Å². The molecule has 6 nitrogen and oxygen atoms in total. The van der Waals surface area contributed by atoms with Gasteiger partial charge in [0.05, 0.1) is 13.2 Å². The molecule has 1 atom stereocenters. The van der Waals surface area contributed by atoms with Crippen molar-refractivity contribution in [1.29, 1.82) is 0 Å². The number of hydrogen-bond acceptors (Lipinski definition) is 4. The maximum absolute atomic E-state index is 10.8. The summed E-state index contributed by atoms with van der Waals surface area (Å²) in [4.78, 5) is 19.5. The van der Waals surface area contributed by atoms with Gasteiger partial charge in [0.25, 0.3) is 0 Å². The van der Waals surface area contributed by atoms with E-state index in [1.54, 1.807) is 10.8 Å². The lowest BCUT2D eigenvalue weighted by Crippen LogP contribution is -2.09. The van der Waals surface area contributed by atoms with Crippen molar-refractivity contribution < 1.29 is 18.8 Å². The molecule has 158 valence electrons. The topological polar surface area (TPSA) is 77.2 Å². The van der Waals surface area contributed by atoms with Crippen molar-refractivity contribution in [3.63, 3.8) is 0 Å². The van der Waals surface area contributed by atoms with E-state index >= 15 is 0 Å². The van der Waals surface area contributed by atoms with Gasteiger partial charge in [-0.3, -0.25) is 9.78 Å². The molecule has 0 saturated heterocycles. The molecule has 0 aliphatic carbocycles. The number of aliphatic carboxylic acids is 1. The first-order valence-electron chi connectivity index (χ1n) is 11.6. The van der Waals surface area contributed by atoms with Crippen LogP contribution in [0.5, 0.6) is 5.75 Å². The van der Waals surface area contributed by atoms with Crippen molar-refractivity contribution in [1.82, 2.24) is 14.5 Å². The molecule has 0 saturated carbocycles. The minimum Gasteiger partial charge on any atom is -0.493 e. The highest BCUT2D eigenvalue weighted by Gasteiger charge is 2.13. The average Bonchev–Trinajstić information content (AvgIpc) is 3.16. The van der Waals surface area contributed by atoms with Gasteiger partial charge in [-0.1, -0.05) is 25.1 Å². The summed E-state index contributed by atoms with van der Waals surface area (Å²) in [5.41, 5.74) is 2.59. The highest BCUT2D eigenvalue weighted by atomic mass is 16.5. The van der Waals surface area contributed by atoms with Gasteiger partial charge >= 0.3 is 5.97 Å². The SMILES string of the molecule is [2H]C([2H])([2H])c1cnc(-c2ccc(C)nc2)n1Cc1ccccc1OCCC[C@@H](C)CC(=O)O. The number of ether oxygens (including phenoxy) is 1. The molecule has 0 amide bonds. The molecule has 1 N–H and O–H groups in total.